The van der Waals surface area contributed by atoms with Gasteiger partial charge >= 0.3 is 0 Å². The zero-order valence-corrected chi connectivity index (χ0v) is 12.1. The van der Waals surface area contributed by atoms with E-state index in [-0.39, 0.29) is 0 Å². The van der Waals surface area contributed by atoms with Crippen molar-refractivity contribution in [2.75, 3.05) is 6.61 Å². The zero-order chi connectivity index (χ0) is 13.9. The number of aryl methyl sites for hydroxylation is 1. The molecule has 3 aromatic rings. The summed E-state index contributed by atoms with van der Waals surface area (Å²) in [6.07, 6.45) is 2.25. The minimum absolute atomic E-state index is 0.785. The van der Waals surface area contributed by atoms with E-state index in [4.69, 9.17) is 4.74 Å². The summed E-state index contributed by atoms with van der Waals surface area (Å²) in [6, 6.07) is 17.1. The highest BCUT2D eigenvalue weighted by atomic mass is 16.5. The van der Waals surface area contributed by atoms with Gasteiger partial charge in [0, 0.05) is 10.8 Å². The molecule has 1 nitrogen and oxygen atoms in total. The molecule has 0 aliphatic carbocycles. The molecule has 1 heteroatoms. The molecule has 0 aliphatic rings. The largest absolute Gasteiger partial charge is 0.492 e. The van der Waals surface area contributed by atoms with Gasteiger partial charge in [0.25, 0.3) is 0 Å². The summed E-state index contributed by atoms with van der Waals surface area (Å²) in [6.45, 7) is 5.17. The van der Waals surface area contributed by atoms with Crippen LogP contribution in [0.2, 0.25) is 0 Å². The summed E-state index contributed by atoms with van der Waals surface area (Å²) in [4.78, 5) is 0. The third kappa shape index (κ3) is 2.14. The number of rotatable bonds is 4. The third-order valence-electron chi connectivity index (χ3n) is 3.90. The van der Waals surface area contributed by atoms with E-state index in [1.54, 1.807) is 0 Å². The molecule has 0 atom stereocenters. The maximum atomic E-state index is 6.13. The fourth-order valence-electron chi connectivity index (χ4n) is 2.78. The number of hydrogen-bond donors (Lipinski definition) is 0. The molecule has 0 fully saturated rings. The molecule has 0 aliphatic heterocycles. The molecule has 0 radical (unpaired) electrons. The SMILES string of the molecule is CCCCOc1c2ccccc2c(C)c2ccccc12. The molecule has 0 heterocycles. The fraction of sp³-hybridized carbons (Fsp3) is 0.263. The van der Waals surface area contributed by atoms with Crippen molar-refractivity contribution >= 4 is 21.5 Å². The fourth-order valence-corrected chi connectivity index (χ4v) is 2.78. The van der Waals surface area contributed by atoms with E-state index in [0.29, 0.717) is 0 Å². The predicted octanol–water partition coefficient (Wildman–Crippen LogP) is 5.48. The lowest BCUT2D eigenvalue weighted by Gasteiger charge is -2.15. The van der Waals surface area contributed by atoms with Gasteiger partial charge in [-0.15, -0.1) is 0 Å². The minimum Gasteiger partial charge on any atom is -0.492 e. The van der Waals surface area contributed by atoms with Crippen LogP contribution < -0.4 is 4.74 Å². The van der Waals surface area contributed by atoms with E-state index in [9.17, 15) is 0 Å². The molecular formula is C19H20O. The Hall–Kier alpha value is -2.02. The minimum atomic E-state index is 0.785. The van der Waals surface area contributed by atoms with Crippen LogP contribution in [0.4, 0.5) is 0 Å². The molecule has 0 bridgehead atoms. The maximum Gasteiger partial charge on any atom is 0.134 e. The average Bonchev–Trinajstić information content (AvgIpc) is 2.51. The first-order valence-electron chi connectivity index (χ1n) is 7.35. The number of benzene rings is 3. The van der Waals surface area contributed by atoms with Crippen molar-refractivity contribution in [3.05, 3.63) is 54.1 Å². The van der Waals surface area contributed by atoms with Crippen molar-refractivity contribution in [1.82, 2.24) is 0 Å². The second-order valence-electron chi connectivity index (χ2n) is 5.25. The molecule has 0 amide bonds. The molecule has 3 aromatic carbocycles. The van der Waals surface area contributed by atoms with Crippen LogP contribution >= 0.6 is 0 Å². The molecule has 3 rings (SSSR count). The van der Waals surface area contributed by atoms with Gasteiger partial charge < -0.3 is 4.74 Å². The van der Waals surface area contributed by atoms with Crippen LogP contribution in [0.5, 0.6) is 5.75 Å². The van der Waals surface area contributed by atoms with Gasteiger partial charge in [-0.1, -0.05) is 61.9 Å². The zero-order valence-electron chi connectivity index (χ0n) is 12.1. The van der Waals surface area contributed by atoms with Crippen molar-refractivity contribution in [2.24, 2.45) is 0 Å². The topological polar surface area (TPSA) is 9.23 Å². The summed E-state index contributed by atoms with van der Waals surface area (Å²) < 4.78 is 6.13. The van der Waals surface area contributed by atoms with Gasteiger partial charge in [0.2, 0.25) is 0 Å². The number of ether oxygens (including phenoxy) is 1. The second kappa shape index (κ2) is 5.54. The van der Waals surface area contributed by atoms with E-state index in [1.165, 1.54) is 27.1 Å². The smallest absolute Gasteiger partial charge is 0.134 e. The van der Waals surface area contributed by atoms with Crippen molar-refractivity contribution in [3.63, 3.8) is 0 Å². The summed E-state index contributed by atoms with van der Waals surface area (Å²) >= 11 is 0. The Morgan fingerprint density at radius 2 is 1.30 bits per heavy atom. The summed E-state index contributed by atoms with van der Waals surface area (Å²) in [5, 5.41) is 5.02. The van der Waals surface area contributed by atoms with Crippen LogP contribution in [0, 0.1) is 6.92 Å². The first kappa shape index (κ1) is 13.0. The summed E-state index contributed by atoms with van der Waals surface area (Å²) in [5.41, 5.74) is 1.33. The van der Waals surface area contributed by atoms with Gasteiger partial charge in [0.1, 0.15) is 5.75 Å². The standard InChI is InChI=1S/C19H20O/c1-3-4-13-20-19-17-11-7-5-9-15(17)14(2)16-10-6-8-12-18(16)19/h5-12H,3-4,13H2,1-2H3. The van der Waals surface area contributed by atoms with Gasteiger partial charge in [-0.05, 0) is 29.7 Å². The van der Waals surface area contributed by atoms with Crippen LogP contribution in [-0.2, 0) is 0 Å². The van der Waals surface area contributed by atoms with E-state index in [0.717, 1.165) is 25.2 Å². The number of fused-ring (bicyclic) bond motifs is 2. The van der Waals surface area contributed by atoms with Crippen LogP contribution in [0.1, 0.15) is 25.3 Å². The highest BCUT2D eigenvalue weighted by Gasteiger charge is 2.11. The molecule has 0 spiro atoms. The van der Waals surface area contributed by atoms with Crippen LogP contribution in [0.3, 0.4) is 0 Å². The second-order valence-corrected chi connectivity index (χ2v) is 5.25. The van der Waals surface area contributed by atoms with Crippen molar-refractivity contribution < 1.29 is 4.74 Å². The Morgan fingerprint density at radius 1 is 0.800 bits per heavy atom. The first-order valence-corrected chi connectivity index (χ1v) is 7.35. The number of hydrogen-bond acceptors (Lipinski definition) is 1. The molecule has 0 unspecified atom stereocenters. The molecule has 0 N–H and O–H groups in total. The lowest BCUT2D eigenvalue weighted by Crippen LogP contribution is -1.99. The summed E-state index contributed by atoms with van der Waals surface area (Å²) in [5.74, 6) is 1.04. The molecule has 0 saturated heterocycles. The molecule has 0 aromatic heterocycles. The average molecular weight is 264 g/mol. The van der Waals surface area contributed by atoms with Gasteiger partial charge in [-0.2, -0.15) is 0 Å². The third-order valence-corrected chi connectivity index (χ3v) is 3.90. The Labute approximate surface area is 120 Å². The van der Waals surface area contributed by atoms with E-state index >= 15 is 0 Å². The van der Waals surface area contributed by atoms with Crippen LogP contribution in [0.15, 0.2) is 48.5 Å². The molecule has 20 heavy (non-hydrogen) atoms. The molecular weight excluding hydrogens is 244 g/mol. The molecule has 0 saturated carbocycles. The Bertz CT molecular complexity index is 686. The Morgan fingerprint density at radius 3 is 1.80 bits per heavy atom. The van der Waals surface area contributed by atoms with Crippen molar-refractivity contribution in [3.8, 4) is 5.75 Å². The number of unbranched alkanes of at least 4 members (excludes halogenated alkanes) is 1. The molecule has 102 valence electrons. The normalized spacial score (nSPS) is 11.1. The highest BCUT2D eigenvalue weighted by Crippen LogP contribution is 2.37. The van der Waals surface area contributed by atoms with Crippen LogP contribution in [-0.4, -0.2) is 6.61 Å². The Balaban J connectivity index is 2.28. The van der Waals surface area contributed by atoms with E-state index in [1.807, 2.05) is 0 Å². The predicted molar refractivity (Wildman–Crippen MR) is 86.6 cm³/mol. The van der Waals surface area contributed by atoms with Gasteiger partial charge in [0.05, 0.1) is 6.61 Å². The first-order chi connectivity index (χ1) is 9.83. The van der Waals surface area contributed by atoms with Gasteiger partial charge in [-0.3, -0.25) is 0 Å². The maximum absolute atomic E-state index is 6.13. The highest BCUT2D eigenvalue weighted by molar-refractivity contribution is 6.08. The van der Waals surface area contributed by atoms with Crippen LogP contribution in [0.25, 0.3) is 21.5 Å². The quantitative estimate of drug-likeness (QED) is 0.448. The summed E-state index contributed by atoms with van der Waals surface area (Å²) in [7, 11) is 0. The lowest BCUT2D eigenvalue weighted by molar-refractivity contribution is 0.316. The van der Waals surface area contributed by atoms with Gasteiger partial charge in [-0.25, -0.2) is 0 Å². The van der Waals surface area contributed by atoms with Crippen molar-refractivity contribution in [1.29, 1.82) is 0 Å². The van der Waals surface area contributed by atoms with Crippen molar-refractivity contribution in [2.45, 2.75) is 26.7 Å². The monoisotopic (exact) mass is 264 g/mol. The van der Waals surface area contributed by atoms with Gasteiger partial charge in [0.15, 0.2) is 0 Å². The van der Waals surface area contributed by atoms with E-state index in [2.05, 4.69) is 62.4 Å². The Kier molecular flexibility index (Phi) is 3.60. The lowest BCUT2D eigenvalue weighted by atomic mass is 9.96. The van der Waals surface area contributed by atoms with E-state index < -0.39 is 0 Å².